The lowest BCUT2D eigenvalue weighted by Crippen LogP contribution is -2.39. The van der Waals surface area contributed by atoms with E-state index in [4.69, 9.17) is 0 Å². The molecule has 1 atom stereocenters. The molecule has 2 aromatic heterocycles. The van der Waals surface area contributed by atoms with Gasteiger partial charge in [0.15, 0.2) is 0 Å². The van der Waals surface area contributed by atoms with E-state index in [1.807, 2.05) is 28.1 Å². The third-order valence-corrected chi connectivity index (χ3v) is 5.50. The largest absolute Gasteiger partial charge is 0.334 e. The van der Waals surface area contributed by atoms with Crippen LogP contribution in [0.3, 0.4) is 0 Å². The maximum Gasteiger partial charge on any atom is 0.318 e. The number of likely N-dealkylation sites (tertiary alicyclic amines) is 1. The van der Waals surface area contributed by atoms with Gasteiger partial charge in [0.1, 0.15) is 0 Å². The molecular weight excluding hydrogens is 344 g/mol. The van der Waals surface area contributed by atoms with E-state index in [0.29, 0.717) is 6.54 Å². The van der Waals surface area contributed by atoms with Crippen molar-refractivity contribution in [3.05, 3.63) is 76.5 Å². The van der Waals surface area contributed by atoms with Gasteiger partial charge >= 0.3 is 6.03 Å². The first-order valence-electron chi connectivity index (χ1n) is 8.90. The van der Waals surface area contributed by atoms with Crippen LogP contribution in [-0.4, -0.2) is 27.0 Å². The maximum atomic E-state index is 12.7. The van der Waals surface area contributed by atoms with Crippen molar-refractivity contribution < 1.29 is 4.79 Å². The van der Waals surface area contributed by atoms with Gasteiger partial charge in [-0.25, -0.2) is 9.78 Å². The van der Waals surface area contributed by atoms with Crippen LogP contribution in [0.2, 0.25) is 0 Å². The molecule has 1 N–H and O–H groups in total. The van der Waals surface area contributed by atoms with E-state index < -0.39 is 0 Å². The van der Waals surface area contributed by atoms with Crippen LogP contribution in [0.5, 0.6) is 0 Å². The lowest BCUT2D eigenvalue weighted by molar-refractivity contribution is 0.192. The average molecular weight is 366 g/mol. The van der Waals surface area contributed by atoms with Crippen molar-refractivity contribution >= 4 is 17.4 Å². The number of thiophene rings is 1. The first-order chi connectivity index (χ1) is 12.8. The van der Waals surface area contributed by atoms with E-state index in [2.05, 4.69) is 45.3 Å². The zero-order valence-electron chi connectivity index (χ0n) is 14.5. The van der Waals surface area contributed by atoms with Crippen molar-refractivity contribution in [1.29, 1.82) is 0 Å². The van der Waals surface area contributed by atoms with Gasteiger partial charge in [-0.05, 0) is 46.4 Å². The zero-order chi connectivity index (χ0) is 17.8. The molecule has 3 heterocycles. The van der Waals surface area contributed by atoms with Gasteiger partial charge in [0.05, 0.1) is 12.4 Å². The van der Waals surface area contributed by atoms with E-state index in [0.717, 1.165) is 31.5 Å². The van der Waals surface area contributed by atoms with E-state index in [-0.39, 0.29) is 12.1 Å². The molecule has 1 aliphatic heterocycles. The summed E-state index contributed by atoms with van der Waals surface area (Å²) in [6.45, 7) is 2.16. The fourth-order valence-corrected chi connectivity index (χ4v) is 4.24. The molecule has 0 bridgehead atoms. The van der Waals surface area contributed by atoms with Gasteiger partial charge in [-0.3, -0.25) is 0 Å². The van der Waals surface area contributed by atoms with Crippen LogP contribution >= 0.6 is 11.3 Å². The number of urea groups is 1. The molecule has 1 aromatic carbocycles. The van der Waals surface area contributed by atoms with Crippen molar-refractivity contribution in [2.24, 2.45) is 0 Å². The summed E-state index contributed by atoms with van der Waals surface area (Å²) >= 11 is 1.69. The quantitative estimate of drug-likeness (QED) is 0.741. The zero-order valence-corrected chi connectivity index (χ0v) is 15.4. The standard InChI is InChI=1S/C20H22N4OS/c25-20(24-8-2-5-19(24)18-6-10-26-14-18)22-12-16-3-1-4-17(11-16)13-23-9-7-21-15-23/h1,3-4,6-7,9-11,14-15,19H,2,5,8,12-13H2,(H,22,25). The first kappa shape index (κ1) is 16.8. The minimum Gasteiger partial charge on any atom is -0.334 e. The molecule has 6 heteroatoms. The lowest BCUT2D eigenvalue weighted by atomic mass is 10.1. The summed E-state index contributed by atoms with van der Waals surface area (Å²) in [4.78, 5) is 18.7. The fourth-order valence-electron chi connectivity index (χ4n) is 3.53. The van der Waals surface area contributed by atoms with Crippen molar-refractivity contribution in [3.8, 4) is 0 Å². The van der Waals surface area contributed by atoms with E-state index in [1.54, 1.807) is 17.5 Å². The molecule has 0 spiro atoms. The Morgan fingerprint density at radius 1 is 1.31 bits per heavy atom. The Bertz CT molecular complexity index is 845. The number of carbonyl (C=O) groups excluding carboxylic acids is 1. The number of hydrogen-bond acceptors (Lipinski definition) is 3. The van der Waals surface area contributed by atoms with Gasteiger partial charge in [-0.1, -0.05) is 24.3 Å². The molecule has 26 heavy (non-hydrogen) atoms. The molecule has 0 aliphatic carbocycles. The van der Waals surface area contributed by atoms with E-state index in [1.165, 1.54) is 11.1 Å². The van der Waals surface area contributed by atoms with E-state index >= 15 is 0 Å². The Balaban J connectivity index is 1.37. The third kappa shape index (κ3) is 3.80. The summed E-state index contributed by atoms with van der Waals surface area (Å²) in [6, 6.07) is 10.7. The summed E-state index contributed by atoms with van der Waals surface area (Å²) in [5.41, 5.74) is 3.57. The Kier molecular flexibility index (Phi) is 5.02. The van der Waals surface area contributed by atoms with Gasteiger partial charge in [-0.15, -0.1) is 0 Å². The van der Waals surface area contributed by atoms with Gasteiger partial charge in [-0.2, -0.15) is 11.3 Å². The Hall–Kier alpha value is -2.60. The third-order valence-electron chi connectivity index (χ3n) is 4.80. The molecule has 134 valence electrons. The molecule has 4 rings (SSSR count). The number of rotatable bonds is 5. The normalized spacial score (nSPS) is 16.8. The van der Waals surface area contributed by atoms with Crippen molar-refractivity contribution in [2.75, 3.05) is 6.54 Å². The molecule has 3 aromatic rings. The van der Waals surface area contributed by atoms with Crippen LogP contribution in [0.25, 0.3) is 0 Å². The molecule has 0 radical (unpaired) electrons. The average Bonchev–Trinajstić information content (AvgIpc) is 3.41. The highest BCUT2D eigenvalue weighted by Gasteiger charge is 2.29. The minimum absolute atomic E-state index is 0.0266. The number of carbonyl (C=O) groups is 1. The van der Waals surface area contributed by atoms with Crippen molar-refractivity contribution in [2.45, 2.75) is 32.0 Å². The lowest BCUT2D eigenvalue weighted by Gasteiger charge is -2.24. The fraction of sp³-hybridized carbons (Fsp3) is 0.300. The number of nitrogens with zero attached hydrogens (tertiary/aromatic N) is 3. The number of imidazole rings is 1. The molecule has 1 fully saturated rings. The Morgan fingerprint density at radius 3 is 3.04 bits per heavy atom. The van der Waals surface area contributed by atoms with Crippen LogP contribution in [0.15, 0.2) is 59.8 Å². The molecule has 1 aliphatic rings. The second kappa shape index (κ2) is 7.74. The van der Waals surface area contributed by atoms with Crippen LogP contribution < -0.4 is 5.32 Å². The van der Waals surface area contributed by atoms with Crippen LogP contribution in [-0.2, 0) is 13.1 Å². The summed E-state index contributed by atoms with van der Waals surface area (Å²) in [6.07, 6.45) is 7.65. The minimum atomic E-state index is 0.0266. The highest BCUT2D eigenvalue weighted by Crippen LogP contribution is 2.32. The SMILES string of the molecule is O=C(NCc1cccc(Cn2ccnc2)c1)N1CCCC1c1ccsc1. The molecule has 2 amide bonds. The predicted molar refractivity (Wildman–Crippen MR) is 103 cm³/mol. The number of hydrogen-bond donors (Lipinski definition) is 1. The Labute approximate surface area is 157 Å². The number of amides is 2. The van der Waals surface area contributed by atoms with Crippen LogP contribution in [0, 0.1) is 0 Å². The van der Waals surface area contributed by atoms with Crippen LogP contribution in [0.1, 0.15) is 35.6 Å². The van der Waals surface area contributed by atoms with Crippen LogP contribution in [0.4, 0.5) is 4.79 Å². The number of aromatic nitrogens is 2. The highest BCUT2D eigenvalue weighted by atomic mass is 32.1. The van der Waals surface area contributed by atoms with Gasteiger partial charge in [0.2, 0.25) is 0 Å². The Morgan fingerprint density at radius 2 is 2.23 bits per heavy atom. The van der Waals surface area contributed by atoms with Crippen molar-refractivity contribution in [3.63, 3.8) is 0 Å². The highest BCUT2D eigenvalue weighted by molar-refractivity contribution is 7.07. The van der Waals surface area contributed by atoms with Gasteiger partial charge < -0.3 is 14.8 Å². The molecule has 1 saturated heterocycles. The molecule has 5 nitrogen and oxygen atoms in total. The maximum absolute atomic E-state index is 12.7. The second-order valence-electron chi connectivity index (χ2n) is 6.62. The number of nitrogens with one attached hydrogen (secondary N) is 1. The topological polar surface area (TPSA) is 50.2 Å². The van der Waals surface area contributed by atoms with Gasteiger partial charge in [0.25, 0.3) is 0 Å². The summed E-state index contributed by atoms with van der Waals surface area (Å²) in [7, 11) is 0. The smallest absolute Gasteiger partial charge is 0.318 e. The molecule has 1 unspecified atom stereocenters. The van der Waals surface area contributed by atoms with Crippen molar-refractivity contribution in [1.82, 2.24) is 19.8 Å². The predicted octanol–water partition coefficient (Wildman–Crippen LogP) is 4.04. The van der Waals surface area contributed by atoms with Gasteiger partial charge in [0, 0.05) is 32.0 Å². The summed E-state index contributed by atoms with van der Waals surface area (Å²) in [5.74, 6) is 0. The van der Waals surface area contributed by atoms with E-state index in [9.17, 15) is 4.79 Å². The first-order valence-corrected chi connectivity index (χ1v) is 9.84. The molecular formula is C20H22N4OS. The number of benzene rings is 1. The second-order valence-corrected chi connectivity index (χ2v) is 7.40. The molecule has 0 saturated carbocycles. The summed E-state index contributed by atoms with van der Waals surface area (Å²) < 4.78 is 2.04. The summed E-state index contributed by atoms with van der Waals surface area (Å²) in [5, 5.41) is 7.32. The monoisotopic (exact) mass is 366 g/mol.